The fourth-order valence-electron chi connectivity index (χ4n) is 3.29. The monoisotopic (exact) mass is 314 g/mol. The zero-order chi connectivity index (χ0) is 16.5. The molecule has 24 heavy (non-hydrogen) atoms. The Kier molecular flexibility index (Phi) is 3.66. The summed E-state index contributed by atoms with van der Waals surface area (Å²) in [6, 6.07) is 25.6. The van der Waals surface area contributed by atoms with Gasteiger partial charge in [-0.3, -0.25) is 4.79 Å². The minimum Gasteiger partial charge on any atom is -0.484 e. The lowest BCUT2D eigenvalue weighted by atomic mass is 9.81. The van der Waals surface area contributed by atoms with E-state index in [1.54, 1.807) is 0 Å². The number of ether oxygens (including phenoxy) is 1. The number of carbonyl (C=O) groups excluding carboxylic acids is 1. The first kappa shape index (κ1) is 14.7. The topological polar surface area (TPSA) is 26.3 Å². The van der Waals surface area contributed by atoms with Gasteiger partial charge in [-0.15, -0.1) is 0 Å². The fraction of sp³-hybridized carbons (Fsp3) is 0.136. The summed E-state index contributed by atoms with van der Waals surface area (Å²) in [6.07, 6.45) is -0.310. The van der Waals surface area contributed by atoms with Crippen molar-refractivity contribution < 1.29 is 9.53 Å². The molecule has 0 saturated carbocycles. The second-order valence-corrected chi connectivity index (χ2v) is 6.20. The minimum atomic E-state index is -0.330. The van der Waals surface area contributed by atoms with Crippen molar-refractivity contribution in [2.24, 2.45) is 0 Å². The van der Waals surface area contributed by atoms with Crippen LogP contribution >= 0.6 is 0 Å². The van der Waals surface area contributed by atoms with E-state index in [-0.39, 0.29) is 17.8 Å². The molecule has 0 amide bonds. The summed E-state index contributed by atoms with van der Waals surface area (Å²) >= 11 is 0. The molecule has 2 unspecified atom stereocenters. The number of hydrogen-bond donors (Lipinski definition) is 0. The summed E-state index contributed by atoms with van der Waals surface area (Å²) in [6.45, 7) is 2.06. The van der Waals surface area contributed by atoms with E-state index in [1.165, 1.54) is 5.56 Å². The molecular formula is C22H18O2. The van der Waals surface area contributed by atoms with Crippen molar-refractivity contribution >= 4 is 5.78 Å². The van der Waals surface area contributed by atoms with Gasteiger partial charge in [-0.05, 0) is 30.2 Å². The maximum Gasteiger partial charge on any atom is 0.178 e. The Balaban J connectivity index is 1.86. The van der Waals surface area contributed by atoms with Gasteiger partial charge in [0.25, 0.3) is 0 Å². The Hall–Kier alpha value is -2.87. The van der Waals surface area contributed by atoms with E-state index < -0.39 is 0 Å². The summed E-state index contributed by atoms with van der Waals surface area (Å²) in [4.78, 5) is 13.2. The second-order valence-electron chi connectivity index (χ2n) is 6.20. The molecule has 2 atom stereocenters. The lowest BCUT2D eigenvalue weighted by Crippen LogP contribution is -2.30. The average Bonchev–Trinajstić information content (AvgIpc) is 2.63. The van der Waals surface area contributed by atoms with Crippen LogP contribution in [0.15, 0.2) is 78.9 Å². The molecule has 3 aromatic carbocycles. The highest BCUT2D eigenvalue weighted by Crippen LogP contribution is 2.43. The summed E-state index contributed by atoms with van der Waals surface area (Å²) in [5.41, 5.74) is 3.87. The van der Waals surface area contributed by atoms with Crippen LogP contribution in [0.4, 0.5) is 0 Å². The van der Waals surface area contributed by atoms with Crippen molar-refractivity contribution in [2.45, 2.75) is 18.9 Å². The standard InChI is InChI=1S/C22H18O2/c1-15-11-13-17(14-12-15)22-20(16-7-3-2-4-8-16)21(23)18-9-5-6-10-19(18)24-22/h2-14,20,22H,1H3. The van der Waals surface area contributed by atoms with Crippen LogP contribution in [0.1, 0.15) is 39.1 Å². The normalized spacial score (nSPS) is 19.5. The quantitative estimate of drug-likeness (QED) is 0.658. The number of Topliss-reactive ketones (excluding diaryl/α,β-unsaturated/α-hetero) is 1. The number of hydrogen-bond acceptors (Lipinski definition) is 2. The Morgan fingerprint density at radius 2 is 1.42 bits per heavy atom. The zero-order valence-electron chi connectivity index (χ0n) is 13.5. The van der Waals surface area contributed by atoms with Gasteiger partial charge in [-0.1, -0.05) is 72.3 Å². The number of para-hydroxylation sites is 1. The van der Waals surface area contributed by atoms with Gasteiger partial charge in [-0.25, -0.2) is 0 Å². The van der Waals surface area contributed by atoms with E-state index in [0.29, 0.717) is 11.3 Å². The Labute approximate surface area is 141 Å². The predicted molar refractivity (Wildman–Crippen MR) is 94.5 cm³/mol. The lowest BCUT2D eigenvalue weighted by Gasteiger charge is -2.33. The number of fused-ring (bicyclic) bond motifs is 1. The third-order valence-corrected chi connectivity index (χ3v) is 4.56. The van der Waals surface area contributed by atoms with Crippen LogP contribution in [0.2, 0.25) is 0 Å². The van der Waals surface area contributed by atoms with Crippen molar-refractivity contribution in [3.05, 3.63) is 101 Å². The van der Waals surface area contributed by atoms with Gasteiger partial charge in [0.15, 0.2) is 5.78 Å². The fourth-order valence-corrected chi connectivity index (χ4v) is 3.29. The van der Waals surface area contributed by atoms with E-state index in [0.717, 1.165) is 11.1 Å². The van der Waals surface area contributed by atoms with Crippen LogP contribution in [0.3, 0.4) is 0 Å². The van der Waals surface area contributed by atoms with E-state index >= 15 is 0 Å². The SMILES string of the molecule is Cc1ccc(C2Oc3ccccc3C(=O)C2c2ccccc2)cc1. The van der Waals surface area contributed by atoms with Crippen LogP contribution in [0.5, 0.6) is 5.75 Å². The number of benzene rings is 3. The van der Waals surface area contributed by atoms with Crippen molar-refractivity contribution in [1.29, 1.82) is 0 Å². The summed E-state index contributed by atoms with van der Waals surface area (Å²) < 4.78 is 6.27. The predicted octanol–water partition coefficient (Wildman–Crippen LogP) is 5.10. The molecule has 0 saturated heterocycles. The van der Waals surface area contributed by atoms with E-state index in [9.17, 15) is 4.79 Å². The largest absolute Gasteiger partial charge is 0.484 e. The summed E-state index contributed by atoms with van der Waals surface area (Å²) in [5, 5.41) is 0. The highest BCUT2D eigenvalue weighted by molar-refractivity contribution is 6.04. The Morgan fingerprint density at radius 1 is 0.750 bits per heavy atom. The molecule has 0 aliphatic carbocycles. The molecular weight excluding hydrogens is 296 g/mol. The third-order valence-electron chi connectivity index (χ3n) is 4.56. The molecule has 0 spiro atoms. The Morgan fingerprint density at radius 3 is 2.17 bits per heavy atom. The second kappa shape index (κ2) is 5.97. The van der Waals surface area contributed by atoms with Gasteiger partial charge in [0.05, 0.1) is 11.5 Å². The van der Waals surface area contributed by atoms with Gasteiger partial charge < -0.3 is 4.74 Å². The lowest BCUT2D eigenvalue weighted by molar-refractivity contribution is 0.0782. The van der Waals surface area contributed by atoms with Crippen molar-refractivity contribution in [3.8, 4) is 5.75 Å². The molecule has 0 fully saturated rings. The molecule has 4 rings (SSSR count). The van der Waals surface area contributed by atoms with E-state index in [4.69, 9.17) is 4.74 Å². The summed E-state index contributed by atoms with van der Waals surface area (Å²) in [7, 11) is 0. The molecule has 1 aliphatic rings. The molecule has 118 valence electrons. The highest BCUT2D eigenvalue weighted by Gasteiger charge is 2.38. The highest BCUT2D eigenvalue weighted by atomic mass is 16.5. The molecule has 2 nitrogen and oxygen atoms in total. The van der Waals surface area contributed by atoms with Crippen LogP contribution in [-0.2, 0) is 0 Å². The maximum atomic E-state index is 13.2. The molecule has 2 heteroatoms. The first-order valence-corrected chi connectivity index (χ1v) is 8.15. The number of ketones is 1. The molecule has 1 heterocycles. The number of carbonyl (C=O) groups is 1. The minimum absolute atomic E-state index is 0.119. The number of rotatable bonds is 2. The number of aryl methyl sites for hydroxylation is 1. The molecule has 0 bridgehead atoms. The molecule has 3 aromatic rings. The van der Waals surface area contributed by atoms with Gasteiger partial charge in [0.2, 0.25) is 0 Å². The van der Waals surface area contributed by atoms with Crippen molar-refractivity contribution in [3.63, 3.8) is 0 Å². The first-order chi connectivity index (χ1) is 11.7. The van der Waals surface area contributed by atoms with E-state index in [2.05, 4.69) is 31.2 Å². The zero-order valence-corrected chi connectivity index (χ0v) is 13.5. The maximum absolute atomic E-state index is 13.2. The smallest absolute Gasteiger partial charge is 0.178 e. The van der Waals surface area contributed by atoms with Crippen LogP contribution < -0.4 is 4.74 Å². The van der Waals surface area contributed by atoms with Crippen LogP contribution in [-0.4, -0.2) is 5.78 Å². The molecule has 0 N–H and O–H groups in total. The van der Waals surface area contributed by atoms with Crippen molar-refractivity contribution in [1.82, 2.24) is 0 Å². The molecule has 0 radical (unpaired) electrons. The molecule has 1 aliphatic heterocycles. The van der Waals surface area contributed by atoms with Gasteiger partial charge in [0, 0.05) is 0 Å². The van der Waals surface area contributed by atoms with Crippen LogP contribution in [0.25, 0.3) is 0 Å². The van der Waals surface area contributed by atoms with Gasteiger partial charge >= 0.3 is 0 Å². The average molecular weight is 314 g/mol. The van der Waals surface area contributed by atoms with Gasteiger partial charge in [-0.2, -0.15) is 0 Å². The van der Waals surface area contributed by atoms with E-state index in [1.807, 2.05) is 54.6 Å². The van der Waals surface area contributed by atoms with Gasteiger partial charge in [0.1, 0.15) is 11.9 Å². The summed E-state index contributed by atoms with van der Waals surface area (Å²) in [5.74, 6) is 0.456. The van der Waals surface area contributed by atoms with Crippen molar-refractivity contribution in [2.75, 3.05) is 0 Å². The first-order valence-electron chi connectivity index (χ1n) is 8.15. The van der Waals surface area contributed by atoms with Crippen LogP contribution in [0, 0.1) is 6.92 Å². The Bertz CT molecular complexity index is 866. The molecule has 0 aromatic heterocycles. The third kappa shape index (κ3) is 2.50.